The van der Waals surface area contributed by atoms with Gasteiger partial charge in [0.15, 0.2) is 6.29 Å². The minimum Gasteiger partial charge on any atom is -0.351 e. The number of rotatable bonds is 6. The summed E-state index contributed by atoms with van der Waals surface area (Å²) in [7, 11) is 0. The smallest absolute Gasteiger partial charge is 0.176 e. The van der Waals surface area contributed by atoms with E-state index in [1.54, 1.807) is 17.1 Å². The monoisotopic (exact) mass is 248 g/mol. The lowest BCUT2D eigenvalue weighted by molar-refractivity contribution is -0.144. The van der Waals surface area contributed by atoms with Crippen molar-refractivity contribution in [3.05, 3.63) is 17.4 Å². The first-order valence-electron chi connectivity index (χ1n) is 5.67. The lowest BCUT2D eigenvalue weighted by atomic mass is 10.6. The van der Waals surface area contributed by atoms with E-state index in [9.17, 15) is 0 Å². The fourth-order valence-corrected chi connectivity index (χ4v) is 1.27. The summed E-state index contributed by atoms with van der Waals surface area (Å²) in [5.41, 5.74) is 0. The fourth-order valence-electron chi connectivity index (χ4n) is 1.12. The number of hydrogen-bond acceptors (Lipinski definition) is 3. The molecule has 0 spiro atoms. The van der Waals surface area contributed by atoms with Crippen LogP contribution in [-0.2, 0) is 16.0 Å². The van der Waals surface area contributed by atoms with Crippen LogP contribution in [0.3, 0.4) is 0 Å². The first kappa shape index (κ1) is 15.4. The predicted molar refractivity (Wildman–Crippen MR) is 65.6 cm³/mol. The number of nitrogens with zero attached hydrogens (tertiary/aromatic N) is 2. The zero-order valence-corrected chi connectivity index (χ0v) is 11.2. The van der Waals surface area contributed by atoms with Crippen molar-refractivity contribution in [2.24, 2.45) is 0 Å². The molecule has 0 saturated carbocycles. The van der Waals surface area contributed by atoms with Gasteiger partial charge in [0.05, 0.1) is 17.8 Å². The molecule has 1 aromatic heterocycles. The summed E-state index contributed by atoms with van der Waals surface area (Å²) < 4.78 is 12.4. The maximum Gasteiger partial charge on any atom is 0.176 e. The fraction of sp³-hybridized carbons (Fsp3) is 0.727. The predicted octanol–water partition coefficient (Wildman–Crippen LogP) is 2.96. The Hall–Kier alpha value is -0.580. The van der Waals surface area contributed by atoms with Crippen LogP contribution in [0.15, 0.2) is 12.4 Å². The summed E-state index contributed by atoms with van der Waals surface area (Å²) in [4.78, 5) is 0. The quantitative estimate of drug-likeness (QED) is 0.727. The van der Waals surface area contributed by atoms with Crippen molar-refractivity contribution in [3.8, 4) is 0 Å². The molecule has 16 heavy (non-hydrogen) atoms. The molecule has 0 N–H and O–H groups in total. The van der Waals surface area contributed by atoms with Gasteiger partial charge in [-0.2, -0.15) is 5.10 Å². The van der Waals surface area contributed by atoms with E-state index in [0.717, 1.165) is 0 Å². The Kier molecular flexibility index (Phi) is 9.28. The summed E-state index contributed by atoms with van der Waals surface area (Å²) in [5.74, 6) is 0. The zero-order valence-electron chi connectivity index (χ0n) is 10.4. The van der Waals surface area contributed by atoms with Crippen LogP contribution >= 0.6 is 11.6 Å². The van der Waals surface area contributed by atoms with Crippen LogP contribution in [0.1, 0.15) is 27.7 Å². The highest BCUT2D eigenvalue weighted by atomic mass is 35.5. The normalized spacial score (nSPS) is 10.1. The average molecular weight is 249 g/mol. The molecule has 0 aliphatic rings. The average Bonchev–Trinajstić information content (AvgIpc) is 2.68. The minimum atomic E-state index is -0.249. The third kappa shape index (κ3) is 6.10. The van der Waals surface area contributed by atoms with E-state index in [0.29, 0.717) is 24.8 Å². The number of halogens is 1. The van der Waals surface area contributed by atoms with E-state index in [-0.39, 0.29) is 6.29 Å². The van der Waals surface area contributed by atoms with Crippen LogP contribution in [0.25, 0.3) is 0 Å². The summed E-state index contributed by atoms with van der Waals surface area (Å²) in [6.07, 6.45) is 3.09. The van der Waals surface area contributed by atoms with Gasteiger partial charge >= 0.3 is 0 Å². The van der Waals surface area contributed by atoms with Crippen LogP contribution in [0.2, 0.25) is 5.02 Å². The van der Waals surface area contributed by atoms with Crippen LogP contribution < -0.4 is 0 Å². The summed E-state index contributed by atoms with van der Waals surface area (Å²) >= 11 is 5.73. The third-order valence-corrected chi connectivity index (χ3v) is 1.84. The Labute approximate surface area is 102 Å². The van der Waals surface area contributed by atoms with Gasteiger partial charge in [-0.15, -0.1) is 0 Å². The summed E-state index contributed by atoms with van der Waals surface area (Å²) in [6, 6.07) is 0. The second-order valence-corrected chi connectivity index (χ2v) is 3.16. The van der Waals surface area contributed by atoms with Gasteiger partial charge in [0, 0.05) is 19.4 Å². The van der Waals surface area contributed by atoms with Crippen molar-refractivity contribution in [2.75, 3.05) is 13.2 Å². The number of ether oxygens (including phenoxy) is 2. The second-order valence-electron chi connectivity index (χ2n) is 2.72. The molecule has 4 nitrogen and oxygen atoms in total. The van der Waals surface area contributed by atoms with Gasteiger partial charge in [0.1, 0.15) is 0 Å². The first-order valence-corrected chi connectivity index (χ1v) is 6.05. The summed E-state index contributed by atoms with van der Waals surface area (Å²) in [5, 5.41) is 4.67. The molecule has 0 unspecified atom stereocenters. The molecule has 0 fully saturated rings. The molecule has 0 aliphatic carbocycles. The Bertz CT molecular complexity index is 260. The highest BCUT2D eigenvalue weighted by molar-refractivity contribution is 6.30. The Morgan fingerprint density at radius 2 is 1.88 bits per heavy atom. The minimum absolute atomic E-state index is 0.249. The molecule has 0 saturated heterocycles. The van der Waals surface area contributed by atoms with Crippen LogP contribution in [0, 0.1) is 0 Å². The van der Waals surface area contributed by atoms with Crippen molar-refractivity contribution in [3.63, 3.8) is 0 Å². The van der Waals surface area contributed by atoms with Crippen molar-refractivity contribution in [1.29, 1.82) is 0 Å². The maximum absolute atomic E-state index is 5.73. The lowest BCUT2D eigenvalue weighted by Crippen LogP contribution is -2.23. The SMILES string of the molecule is CC.CCOC(Cn1cc(Cl)cn1)OCC. The highest BCUT2D eigenvalue weighted by Gasteiger charge is 2.09. The van der Waals surface area contributed by atoms with Crippen molar-refractivity contribution in [1.82, 2.24) is 9.78 Å². The van der Waals surface area contributed by atoms with E-state index in [1.165, 1.54) is 0 Å². The van der Waals surface area contributed by atoms with Crippen LogP contribution in [0.4, 0.5) is 0 Å². The maximum atomic E-state index is 5.73. The molecule has 0 aliphatic heterocycles. The largest absolute Gasteiger partial charge is 0.351 e. The molecule has 0 amide bonds. The highest BCUT2D eigenvalue weighted by Crippen LogP contribution is 2.06. The molecule has 0 aromatic carbocycles. The van der Waals surface area contributed by atoms with Gasteiger partial charge in [0.25, 0.3) is 0 Å². The molecule has 94 valence electrons. The van der Waals surface area contributed by atoms with Crippen LogP contribution in [-0.4, -0.2) is 29.3 Å². The van der Waals surface area contributed by atoms with Gasteiger partial charge in [-0.05, 0) is 13.8 Å². The van der Waals surface area contributed by atoms with Gasteiger partial charge in [-0.3, -0.25) is 4.68 Å². The molecule has 0 radical (unpaired) electrons. The molecule has 0 atom stereocenters. The molecule has 5 heteroatoms. The molecule has 0 bridgehead atoms. The van der Waals surface area contributed by atoms with Crippen molar-refractivity contribution >= 4 is 11.6 Å². The van der Waals surface area contributed by atoms with Crippen molar-refractivity contribution < 1.29 is 9.47 Å². The molecular weight excluding hydrogens is 228 g/mol. The second kappa shape index (κ2) is 9.63. The van der Waals surface area contributed by atoms with Crippen LogP contribution in [0.5, 0.6) is 0 Å². The Morgan fingerprint density at radius 1 is 1.31 bits per heavy atom. The van der Waals surface area contributed by atoms with E-state index in [1.807, 2.05) is 27.7 Å². The van der Waals surface area contributed by atoms with Crippen molar-refractivity contribution in [2.45, 2.75) is 40.5 Å². The zero-order chi connectivity index (χ0) is 12.4. The number of aromatic nitrogens is 2. The Morgan fingerprint density at radius 3 is 2.25 bits per heavy atom. The van der Waals surface area contributed by atoms with E-state index in [2.05, 4.69) is 5.10 Å². The van der Waals surface area contributed by atoms with Gasteiger partial charge in [-0.25, -0.2) is 0 Å². The van der Waals surface area contributed by atoms with E-state index in [4.69, 9.17) is 21.1 Å². The first-order chi connectivity index (χ1) is 7.76. The number of hydrogen-bond donors (Lipinski definition) is 0. The van der Waals surface area contributed by atoms with E-state index >= 15 is 0 Å². The molecule has 1 rings (SSSR count). The van der Waals surface area contributed by atoms with E-state index < -0.39 is 0 Å². The Balaban J connectivity index is 0.00000106. The molecule has 1 heterocycles. The van der Waals surface area contributed by atoms with Gasteiger partial charge in [-0.1, -0.05) is 25.4 Å². The summed E-state index contributed by atoms with van der Waals surface area (Å²) in [6.45, 7) is 9.68. The molecular formula is C11H21ClN2O2. The standard InChI is InChI=1S/C9H15ClN2O2.C2H6/c1-3-13-9(14-4-2)7-12-6-8(10)5-11-12;1-2/h5-6,9H,3-4,7H2,1-2H3;1-2H3. The topological polar surface area (TPSA) is 36.3 Å². The molecule has 1 aromatic rings. The lowest BCUT2D eigenvalue weighted by Gasteiger charge is -2.16. The third-order valence-electron chi connectivity index (χ3n) is 1.64. The van der Waals surface area contributed by atoms with Gasteiger partial charge < -0.3 is 9.47 Å². The van der Waals surface area contributed by atoms with Gasteiger partial charge in [0.2, 0.25) is 0 Å².